The van der Waals surface area contributed by atoms with Crippen LogP contribution in [0, 0.1) is 0 Å². The Morgan fingerprint density at radius 2 is 1.85 bits per heavy atom. The third-order valence-electron chi connectivity index (χ3n) is 2.44. The quantitative estimate of drug-likeness (QED) is 0.486. The summed E-state index contributed by atoms with van der Waals surface area (Å²) in [6.45, 7) is 13.1. The van der Waals surface area contributed by atoms with Gasteiger partial charge in [0.15, 0.2) is 0 Å². The van der Waals surface area contributed by atoms with E-state index in [9.17, 15) is 0 Å². The molecule has 0 heterocycles. The number of hydrogen-bond donors (Lipinski definition) is 1. The number of hydrogen-bond acceptors (Lipinski definition) is 2. The molecular formula is C9H20INOSi. The predicted molar refractivity (Wildman–Crippen MR) is 69.2 cm³/mol. The van der Waals surface area contributed by atoms with Crippen molar-refractivity contribution in [3.8, 4) is 0 Å². The highest BCUT2D eigenvalue weighted by atomic mass is 127. The average molecular weight is 313 g/mol. The lowest BCUT2D eigenvalue weighted by Crippen LogP contribution is -2.44. The van der Waals surface area contributed by atoms with Gasteiger partial charge in [-0.1, -0.05) is 43.4 Å². The van der Waals surface area contributed by atoms with E-state index in [4.69, 9.17) is 4.53 Å². The molecule has 0 aromatic carbocycles. The minimum atomic E-state index is -1.64. The van der Waals surface area contributed by atoms with Crippen LogP contribution in [0.15, 0.2) is 9.78 Å². The summed E-state index contributed by atoms with van der Waals surface area (Å²) in [5, 5.41) is 0.256. The highest BCUT2D eigenvalue weighted by molar-refractivity contribution is 14.1. The summed E-state index contributed by atoms with van der Waals surface area (Å²) < 4.78 is 7.74. The van der Waals surface area contributed by atoms with Crippen molar-refractivity contribution in [2.45, 2.75) is 45.8 Å². The Morgan fingerprint density at radius 3 is 2.15 bits per heavy atom. The molecular weight excluding hydrogens is 293 g/mol. The fraction of sp³-hybridized carbons (Fsp3) is 0.778. The van der Waals surface area contributed by atoms with Gasteiger partial charge in [-0.25, -0.2) is 0 Å². The summed E-state index contributed by atoms with van der Waals surface area (Å²) in [6, 6.07) is 0. The number of halogens is 1. The first-order chi connectivity index (χ1) is 5.70. The van der Waals surface area contributed by atoms with Gasteiger partial charge >= 0.3 is 0 Å². The second-order valence-corrected chi connectivity index (χ2v) is 10.1. The van der Waals surface area contributed by atoms with Crippen molar-refractivity contribution >= 4 is 30.9 Å². The van der Waals surface area contributed by atoms with Crippen LogP contribution in [-0.4, -0.2) is 8.32 Å². The van der Waals surface area contributed by atoms with Crippen molar-refractivity contribution in [1.29, 1.82) is 0 Å². The summed E-state index contributed by atoms with van der Waals surface area (Å²) in [5.74, 6) is 0. The molecule has 0 saturated heterocycles. The minimum Gasteiger partial charge on any atom is -0.322 e. The topological polar surface area (TPSA) is 21.3 Å². The lowest BCUT2D eigenvalue weighted by atomic mass is 10.2. The van der Waals surface area contributed by atoms with Crippen LogP contribution in [0.1, 0.15) is 27.7 Å². The Kier molecular flexibility index (Phi) is 4.96. The zero-order chi connectivity index (χ0) is 10.7. The maximum atomic E-state index is 5.76. The second-order valence-electron chi connectivity index (χ2n) is 4.76. The average Bonchev–Trinajstić information content (AvgIpc) is 1.98. The van der Waals surface area contributed by atoms with Gasteiger partial charge < -0.3 is 4.53 Å². The highest BCUT2D eigenvalue weighted by Crippen LogP contribution is 2.35. The van der Waals surface area contributed by atoms with Crippen molar-refractivity contribution in [3.63, 3.8) is 0 Å². The molecule has 0 fully saturated rings. The Labute approximate surface area is 96.4 Å². The smallest absolute Gasteiger partial charge is 0.228 e. The van der Waals surface area contributed by atoms with Crippen LogP contribution in [0.4, 0.5) is 0 Å². The Balaban J connectivity index is 4.20. The van der Waals surface area contributed by atoms with Gasteiger partial charge in [-0.05, 0) is 29.1 Å². The molecule has 0 aliphatic rings. The molecule has 2 nitrogen and oxygen atoms in total. The van der Waals surface area contributed by atoms with Crippen LogP contribution in [0.2, 0.25) is 18.1 Å². The third kappa shape index (κ3) is 4.46. The van der Waals surface area contributed by atoms with Gasteiger partial charge in [0.1, 0.15) is 0 Å². The maximum Gasteiger partial charge on any atom is 0.228 e. The SMILES string of the molecule is CC(=CI)NO[Si](C)(C)C(C)(C)C. The molecule has 0 aromatic rings. The van der Waals surface area contributed by atoms with Crippen LogP contribution in [0.25, 0.3) is 0 Å². The fourth-order valence-corrected chi connectivity index (χ4v) is 1.23. The first-order valence-electron chi connectivity index (χ1n) is 4.42. The van der Waals surface area contributed by atoms with Crippen molar-refractivity contribution in [1.82, 2.24) is 5.48 Å². The van der Waals surface area contributed by atoms with Crippen LogP contribution in [0.3, 0.4) is 0 Å². The maximum absolute atomic E-state index is 5.76. The molecule has 0 aromatic heterocycles. The zero-order valence-corrected chi connectivity index (χ0v) is 12.5. The van der Waals surface area contributed by atoms with E-state index in [0.29, 0.717) is 0 Å². The van der Waals surface area contributed by atoms with Crippen molar-refractivity contribution in [3.05, 3.63) is 9.78 Å². The molecule has 0 atom stereocenters. The van der Waals surface area contributed by atoms with Gasteiger partial charge in [0.2, 0.25) is 8.32 Å². The lowest BCUT2D eigenvalue weighted by Gasteiger charge is -2.35. The lowest BCUT2D eigenvalue weighted by molar-refractivity contribution is 0.205. The molecule has 78 valence electrons. The molecule has 1 N–H and O–H groups in total. The molecule has 0 aliphatic carbocycles. The van der Waals surface area contributed by atoms with E-state index >= 15 is 0 Å². The van der Waals surface area contributed by atoms with Gasteiger partial charge in [-0.3, -0.25) is 5.48 Å². The Bertz CT molecular complexity index is 196. The fourth-order valence-electron chi connectivity index (χ4n) is 0.383. The van der Waals surface area contributed by atoms with Gasteiger partial charge in [0.05, 0.1) is 0 Å². The van der Waals surface area contributed by atoms with Gasteiger partial charge in [0.25, 0.3) is 0 Å². The standard InChI is InChI=1S/C9H20INOSi/c1-8(7-10)11-12-13(5,6)9(2,3)4/h7,11H,1-6H3. The molecule has 0 saturated carbocycles. The summed E-state index contributed by atoms with van der Waals surface area (Å²) in [6.07, 6.45) is 0. The first kappa shape index (κ1) is 13.4. The van der Waals surface area contributed by atoms with E-state index in [0.717, 1.165) is 5.70 Å². The second kappa shape index (κ2) is 4.79. The van der Waals surface area contributed by atoms with Crippen molar-refractivity contribution in [2.75, 3.05) is 0 Å². The number of nitrogens with one attached hydrogen (secondary N) is 1. The first-order valence-corrected chi connectivity index (χ1v) is 8.57. The van der Waals surface area contributed by atoms with Gasteiger partial charge in [-0.2, -0.15) is 0 Å². The zero-order valence-electron chi connectivity index (χ0n) is 9.36. The molecule has 0 amide bonds. The normalized spacial score (nSPS) is 14.5. The van der Waals surface area contributed by atoms with Gasteiger partial charge in [0, 0.05) is 5.70 Å². The monoisotopic (exact) mass is 313 g/mol. The largest absolute Gasteiger partial charge is 0.322 e. The van der Waals surface area contributed by atoms with E-state index in [2.05, 4.69) is 61.9 Å². The summed E-state index contributed by atoms with van der Waals surface area (Å²) in [5.41, 5.74) is 4.06. The molecule has 0 aliphatic heterocycles. The van der Waals surface area contributed by atoms with E-state index in [-0.39, 0.29) is 5.04 Å². The van der Waals surface area contributed by atoms with Crippen molar-refractivity contribution < 1.29 is 4.53 Å². The number of hydroxylamine groups is 1. The van der Waals surface area contributed by atoms with Crippen LogP contribution in [0.5, 0.6) is 0 Å². The molecule has 0 unspecified atom stereocenters. The molecule has 0 radical (unpaired) electrons. The van der Waals surface area contributed by atoms with E-state index in [1.165, 1.54) is 0 Å². The summed E-state index contributed by atoms with van der Waals surface area (Å²) >= 11 is 2.20. The van der Waals surface area contributed by atoms with Crippen LogP contribution in [-0.2, 0) is 4.53 Å². The molecule has 0 rings (SSSR count). The van der Waals surface area contributed by atoms with E-state index in [1.54, 1.807) is 0 Å². The van der Waals surface area contributed by atoms with Gasteiger partial charge in [-0.15, -0.1) is 0 Å². The van der Waals surface area contributed by atoms with E-state index in [1.807, 2.05) is 11.0 Å². The Hall–Kier alpha value is 0.447. The minimum absolute atomic E-state index is 0.256. The summed E-state index contributed by atoms with van der Waals surface area (Å²) in [4.78, 5) is 0. The highest BCUT2D eigenvalue weighted by Gasteiger charge is 2.38. The molecule has 13 heavy (non-hydrogen) atoms. The third-order valence-corrected chi connectivity index (χ3v) is 7.60. The molecule has 0 bridgehead atoms. The van der Waals surface area contributed by atoms with E-state index < -0.39 is 8.32 Å². The van der Waals surface area contributed by atoms with Crippen molar-refractivity contribution in [2.24, 2.45) is 0 Å². The molecule has 4 heteroatoms. The molecule has 0 spiro atoms. The number of rotatable bonds is 3. The van der Waals surface area contributed by atoms with Crippen LogP contribution >= 0.6 is 22.6 Å². The number of allylic oxidation sites excluding steroid dienone is 1. The predicted octanol–water partition coefficient (Wildman–Crippen LogP) is 3.81. The van der Waals surface area contributed by atoms with Crippen LogP contribution < -0.4 is 5.48 Å². The Morgan fingerprint density at radius 1 is 1.38 bits per heavy atom. The summed E-state index contributed by atoms with van der Waals surface area (Å²) in [7, 11) is -1.64.